The Hall–Kier alpha value is -2.95. The van der Waals surface area contributed by atoms with Crippen LogP contribution in [0.1, 0.15) is 5.56 Å². The van der Waals surface area contributed by atoms with Crippen molar-refractivity contribution < 1.29 is 18.3 Å². The molecule has 2 saturated heterocycles. The first-order chi connectivity index (χ1) is 14.9. The molecule has 0 radical (unpaired) electrons. The highest BCUT2D eigenvalue weighted by Crippen LogP contribution is 2.31. The molecule has 0 saturated carbocycles. The number of carbonyl (C=O) groups excluding carboxylic acids is 1. The van der Waals surface area contributed by atoms with E-state index in [0.29, 0.717) is 38.4 Å². The molecule has 8 nitrogen and oxygen atoms in total. The molecule has 0 aliphatic carbocycles. The highest BCUT2D eigenvalue weighted by molar-refractivity contribution is 5.90. The normalized spacial score (nSPS) is 20.1. The minimum absolute atomic E-state index is 0.0946. The van der Waals surface area contributed by atoms with E-state index in [4.69, 9.17) is 16.2 Å². The summed E-state index contributed by atoms with van der Waals surface area (Å²) < 4.78 is 35.0. The quantitative estimate of drug-likeness (QED) is 0.618. The summed E-state index contributed by atoms with van der Waals surface area (Å²) in [5.41, 5.74) is 16.4. The van der Waals surface area contributed by atoms with Crippen molar-refractivity contribution in [1.29, 1.82) is 0 Å². The van der Waals surface area contributed by atoms with E-state index in [1.165, 1.54) is 17.0 Å². The predicted molar refractivity (Wildman–Crippen MR) is 115 cm³/mol. The van der Waals surface area contributed by atoms with Crippen LogP contribution in [0.25, 0.3) is 0 Å². The number of rotatable bonds is 5. The van der Waals surface area contributed by atoms with E-state index in [1.807, 2.05) is 29.3 Å². The van der Waals surface area contributed by atoms with Gasteiger partial charge in [0.1, 0.15) is 11.8 Å². The molecular formula is C21H26F2N6O2. The lowest BCUT2D eigenvalue weighted by Gasteiger charge is -2.25. The van der Waals surface area contributed by atoms with Crippen molar-refractivity contribution in [3.05, 3.63) is 53.6 Å². The Balaban J connectivity index is 1.45. The van der Waals surface area contributed by atoms with Crippen LogP contribution in [-0.4, -0.2) is 56.5 Å². The molecule has 2 aromatic carbocycles. The van der Waals surface area contributed by atoms with Crippen LogP contribution in [0.5, 0.6) is 0 Å². The van der Waals surface area contributed by atoms with Crippen LogP contribution in [0.2, 0.25) is 0 Å². The number of cyclic esters (lactones) is 1. The van der Waals surface area contributed by atoms with Gasteiger partial charge in [0, 0.05) is 57.1 Å². The van der Waals surface area contributed by atoms with Crippen molar-refractivity contribution in [2.45, 2.75) is 12.6 Å². The number of hydrazine groups is 1. The summed E-state index contributed by atoms with van der Waals surface area (Å²) in [6.07, 6.45) is -1.14. The van der Waals surface area contributed by atoms with E-state index in [9.17, 15) is 13.6 Å². The fourth-order valence-corrected chi connectivity index (χ4v) is 3.84. The minimum atomic E-state index is -0.717. The van der Waals surface area contributed by atoms with Crippen LogP contribution in [0, 0.1) is 11.6 Å². The summed E-state index contributed by atoms with van der Waals surface area (Å²) in [7, 11) is 0. The summed E-state index contributed by atoms with van der Waals surface area (Å²) in [6.45, 7) is 2.95. The Labute approximate surface area is 179 Å². The van der Waals surface area contributed by atoms with Gasteiger partial charge in [-0.2, -0.15) is 0 Å². The van der Waals surface area contributed by atoms with Gasteiger partial charge in [-0.15, -0.1) is 0 Å². The first kappa shape index (κ1) is 21.3. The molecule has 2 aromatic rings. The van der Waals surface area contributed by atoms with E-state index >= 15 is 0 Å². The zero-order valence-corrected chi connectivity index (χ0v) is 17.1. The van der Waals surface area contributed by atoms with E-state index in [2.05, 4.69) is 5.43 Å². The van der Waals surface area contributed by atoms with Crippen LogP contribution in [-0.2, 0) is 11.3 Å². The number of halogens is 2. The van der Waals surface area contributed by atoms with Gasteiger partial charge in [0.05, 0.1) is 12.2 Å². The molecule has 166 valence electrons. The molecule has 0 unspecified atom stereocenters. The molecule has 10 heteroatoms. The third-order valence-electron chi connectivity index (χ3n) is 5.48. The topological polar surface area (TPSA) is 100 Å². The van der Waals surface area contributed by atoms with Crippen molar-refractivity contribution >= 4 is 23.2 Å². The summed E-state index contributed by atoms with van der Waals surface area (Å²) in [5, 5.41) is 2.02. The second-order valence-corrected chi connectivity index (χ2v) is 7.67. The van der Waals surface area contributed by atoms with E-state index in [1.54, 1.807) is 4.90 Å². The standard InChI is InChI=1S/C21H26F2N6O2/c22-18-9-16(29-13-17(11-24)31-21(29)30)10-19(23)20(18)27-6-5-26-28(8-7-27)12-14-1-3-15(25)4-2-14/h1-4,9-10,17,26H,5-8,11-13,24-25H2/t17-/m0/s1. The molecule has 0 bridgehead atoms. The number of hydrogen-bond donors (Lipinski definition) is 3. The first-order valence-corrected chi connectivity index (χ1v) is 10.2. The number of nitrogen functional groups attached to an aromatic ring is 1. The molecule has 2 aliphatic rings. The fraction of sp³-hybridized carbons (Fsp3) is 0.381. The zero-order valence-electron chi connectivity index (χ0n) is 17.1. The van der Waals surface area contributed by atoms with Gasteiger partial charge in [0.25, 0.3) is 0 Å². The summed E-state index contributed by atoms with van der Waals surface area (Å²) in [5.74, 6) is -1.43. The van der Waals surface area contributed by atoms with E-state index in [-0.39, 0.29) is 24.5 Å². The van der Waals surface area contributed by atoms with Gasteiger partial charge in [0.2, 0.25) is 0 Å². The van der Waals surface area contributed by atoms with Crippen molar-refractivity contribution in [2.75, 3.05) is 54.8 Å². The van der Waals surface area contributed by atoms with Crippen molar-refractivity contribution in [3.63, 3.8) is 0 Å². The SMILES string of the molecule is NC[C@H]1CN(c2cc(F)c(N3CCNN(Cc4ccc(N)cc4)CC3)c(F)c2)C(=O)O1. The summed E-state index contributed by atoms with van der Waals surface area (Å²) >= 11 is 0. The van der Waals surface area contributed by atoms with Gasteiger partial charge in [-0.25, -0.2) is 18.6 Å². The smallest absolute Gasteiger partial charge is 0.414 e. The van der Waals surface area contributed by atoms with E-state index in [0.717, 1.165) is 5.56 Å². The van der Waals surface area contributed by atoms with Crippen LogP contribution >= 0.6 is 0 Å². The number of nitrogens with two attached hydrogens (primary N) is 2. The predicted octanol–water partition coefficient (Wildman–Crippen LogP) is 1.66. The third-order valence-corrected chi connectivity index (χ3v) is 5.48. The average Bonchev–Trinajstić information content (AvgIpc) is 2.98. The molecule has 31 heavy (non-hydrogen) atoms. The Morgan fingerprint density at radius 1 is 1.10 bits per heavy atom. The summed E-state index contributed by atoms with van der Waals surface area (Å²) in [4.78, 5) is 14.9. The number of amides is 1. The molecule has 5 N–H and O–H groups in total. The lowest BCUT2D eigenvalue weighted by atomic mass is 10.2. The number of ether oxygens (including phenoxy) is 1. The molecule has 0 spiro atoms. The lowest BCUT2D eigenvalue weighted by molar-refractivity contribution is 0.145. The van der Waals surface area contributed by atoms with Crippen molar-refractivity contribution in [2.24, 2.45) is 5.73 Å². The number of hydrogen-bond acceptors (Lipinski definition) is 7. The molecule has 2 heterocycles. The highest BCUT2D eigenvalue weighted by atomic mass is 19.1. The van der Waals surface area contributed by atoms with Gasteiger partial charge in [0.15, 0.2) is 11.6 Å². The fourth-order valence-electron chi connectivity index (χ4n) is 3.84. The third kappa shape index (κ3) is 4.71. The zero-order chi connectivity index (χ0) is 22.0. The van der Waals surface area contributed by atoms with Gasteiger partial charge < -0.3 is 21.1 Å². The molecule has 1 amide bonds. The van der Waals surface area contributed by atoms with Crippen LogP contribution in [0.3, 0.4) is 0 Å². The minimum Gasteiger partial charge on any atom is -0.443 e. The second kappa shape index (κ2) is 9.04. The van der Waals surface area contributed by atoms with Crippen molar-refractivity contribution in [3.8, 4) is 0 Å². The molecule has 2 fully saturated rings. The Morgan fingerprint density at radius 2 is 1.81 bits per heavy atom. The number of carbonyl (C=O) groups is 1. The second-order valence-electron chi connectivity index (χ2n) is 7.67. The Bertz CT molecular complexity index is 919. The Kier molecular flexibility index (Phi) is 6.21. The first-order valence-electron chi connectivity index (χ1n) is 10.2. The number of nitrogens with one attached hydrogen (secondary N) is 1. The van der Waals surface area contributed by atoms with Crippen LogP contribution < -0.4 is 26.7 Å². The maximum absolute atomic E-state index is 14.9. The maximum atomic E-state index is 14.9. The number of anilines is 3. The monoisotopic (exact) mass is 432 g/mol. The lowest BCUT2D eigenvalue weighted by Crippen LogP contribution is -2.38. The number of benzene rings is 2. The molecule has 4 rings (SSSR count). The van der Waals surface area contributed by atoms with Gasteiger partial charge in [-0.1, -0.05) is 12.1 Å². The molecule has 1 atom stereocenters. The van der Waals surface area contributed by atoms with Crippen LogP contribution in [0.15, 0.2) is 36.4 Å². The number of nitrogens with zero attached hydrogens (tertiary/aromatic N) is 3. The molecular weight excluding hydrogens is 406 g/mol. The van der Waals surface area contributed by atoms with Crippen LogP contribution in [0.4, 0.5) is 30.6 Å². The van der Waals surface area contributed by atoms with Crippen molar-refractivity contribution in [1.82, 2.24) is 10.4 Å². The molecule has 2 aliphatic heterocycles. The Morgan fingerprint density at radius 3 is 2.45 bits per heavy atom. The van der Waals surface area contributed by atoms with Gasteiger partial charge in [-0.3, -0.25) is 10.3 Å². The molecule has 0 aromatic heterocycles. The van der Waals surface area contributed by atoms with Gasteiger partial charge >= 0.3 is 6.09 Å². The van der Waals surface area contributed by atoms with Gasteiger partial charge in [-0.05, 0) is 17.7 Å². The summed E-state index contributed by atoms with van der Waals surface area (Å²) in [6, 6.07) is 9.94. The maximum Gasteiger partial charge on any atom is 0.414 e. The largest absolute Gasteiger partial charge is 0.443 e. The van der Waals surface area contributed by atoms with E-state index < -0.39 is 23.8 Å². The average molecular weight is 432 g/mol. The highest BCUT2D eigenvalue weighted by Gasteiger charge is 2.33.